The average molecular weight is 611 g/mol. The van der Waals surface area contributed by atoms with E-state index in [1.54, 1.807) is 5.32 Å². The van der Waals surface area contributed by atoms with E-state index < -0.39 is 57.9 Å². The first-order valence-corrected chi connectivity index (χ1v) is 10.3. The first kappa shape index (κ1) is 28.4. The van der Waals surface area contributed by atoms with Gasteiger partial charge in [-0.2, -0.15) is 43.9 Å². The van der Waals surface area contributed by atoms with E-state index in [0.29, 0.717) is 10.9 Å². The van der Waals surface area contributed by atoms with Crippen molar-refractivity contribution in [2.45, 2.75) is 30.6 Å². The van der Waals surface area contributed by atoms with Gasteiger partial charge in [0, 0.05) is 22.7 Å². The van der Waals surface area contributed by atoms with Gasteiger partial charge in [-0.15, -0.1) is 0 Å². The summed E-state index contributed by atoms with van der Waals surface area (Å²) in [6, 6.07) is 6.49. The van der Waals surface area contributed by atoms with Crippen molar-refractivity contribution in [2.24, 2.45) is 0 Å². The molecule has 0 radical (unpaired) electrons. The monoisotopic (exact) mass is 610 g/mol. The van der Waals surface area contributed by atoms with E-state index in [-0.39, 0.29) is 17.7 Å². The van der Waals surface area contributed by atoms with E-state index in [4.69, 9.17) is 0 Å². The van der Waals surface area contributed by atoms with E-state index in [9.17, 15) is 48.7 Å². The van der Waals surface area contributed by atoms with Crippen molar-refractivity contribution in [3.63, 3.8) is 0 Å². The molecule has 1 atom stereocenters. The number of aromatic nitrogens is 1. The van der Waals surface area contributed by atoms with Gasteiger partial charge in [0.15, 0.2) is 5.75 Å². The maximum atomic E-state index is 15.0. The predicted molar refractivity (Wildman–Crippen MR) is 110 cm³/mol. The fraction of sp³-hybridized carbons (Fsp3) is 0.238. The highest BCUT2D eigenvalue weighted by atomic mass is 79.9. The molecule has 1 heterocycles. The van der Waals surface area contributed by atoms with Gasteiger partial charge >= 0.3 is 30.6 Å². The van der Waals surface area contributed by atoms with Crippen LogP contribution in [0.2, 0.25) is 0 Å². The second kappa shape index (κ2) is 9.61. The number of alkyl halides is 11. The van der Waals surface area contributed by atoms with Gasteiger partial charge in [-0.05, 0) is 46.3 Å². The van der Waals surface area contributed by atoms with E-state index in [1.165, 1.54) is 30.5 Å². The Balaban J connectivity index is 2.20. The maximum Gasteiger partial charge on any atom is 0.457 e. The van der Waals surface area contributed by atoms with Crippen LogP contribution in [-0.4, -0.2) is 35.8 Å². The SMILES string of the molecule is O=C(Nc1c(OC(F)F)ccc(C(F)(C(F)(F)F)C(F)(F)C(F)(F)F)c1Br)c1ccc2ncccc2c1. The maximum absolute atomic E-state index is 15.0. The van der Waals surface area contributed by atoms with Crippen LogP contribution in [-0.2, 0) is 5.67 Å². The summed E-state index contributed by atoms with van der Waals surface area (Å²) in [5, 5.41) is 2.17. The number of fused-ring (bicyclic) bond motifs is 1. The van der Waals surface area contributed by atoms with Gasteiger partial charge in [-0.25, -0.2) is 4.39 Å². The number of pyridine rings is 1. The Morgan fingerprint density at radius 3 is 2.14 bits per heavy atom. The highest BCUT2D eigenvalue weighted by Crippen LogP contribution is 2.60. The summed E-state index contributed by atoms with van der Waals surface area (Å²) in [7, 11) is 0. The molecule has 0 aliphatic heterocycles. The number of amides is 1. The van der Waals surface area contributed by atoms with Crippen LogP contribution in [0.15, 0.2) is 53.1 Å². The lowest BCUT2D eigenvalue weighted by Crippen LogP contribution is -2.59. The van der Waals surface area contributed by atoms with E-state index in [0.717, 1.165) is 6.07 Å². The van der Waals surface area contributed by atoms with Gasteiger partial charge in [-0.1, -0.05) is 12.1 Å². The average Bonchev–Trinajstić information content (AvgIpc) is 2.78. The minimum Gasteiger partial charge on any atom is -0.433 e. The second-order valence-electron chi connectivity index (χ2n) is 7.27. The number of hydrogen-bond donors (Lipinski definition) is 1. The Labute approximate surface area is 207 Å². The molecule has 1 N–H and O–H groups in total. The van der Waals surface area contributed by atoms with Gasteiger partial charge in [0.25, 0.3) is 5.91 Å². The predicted octanol–water partition coefficient (Wildman–Crippen LogP) is 7.78. The smallest absolute Gasteiger partial charge is 0.433 e. The highest BCUT2D eigenvalue weighted by Gasteiger charge is 2.82. The molecule has 1 aromatic heterocycles. The Kier molecular flexibility index (Phi) is 7.38. The lowest BCUT2D eigenvalue weighted by molar-refractivity contribution is -0.389. The number of carbonyl (C=O) groups excluding carboxylic acids is 1. The molecule has 0 fully saturated rings. The van der Waals surface area contributed by atoms with Crippen molar-refractivity contribution in [3.8, 4) is 5.75 Å². The molecular formula is C21H10BrF11N2O2. The van der Waals surface area contributed by atoms with Crippen LogP contribution in [0.4, 0.5) is 54.0 Å². The van der Waals surface area contributed by atoms with E-state index >= 15 is 4.39 Å². The first-order valence-electron chi connectivity index (χ1n) is 9.56. The van der Waals surface area contributed by atoms with Crippen molar-refractivity contribution in [1.29, 1.82) is 0 Å². The summed E-state index contributed by atoms with van der Waals surface area (Å²) in [6.45, 7) is -3.69. The van der Waals surface area contributed by atoms with Gasteiger partial charge < -0.3 is 10.1 Å². The minimum atomic E-state index is -7.04. The molecule has 3 rings (SSSR count). The molecule has 0 saturated carbocycles. The Morgan fingerprint density at radius 2 is 1.57 bits per heavy atom. The largest absolute Gasteiger partial charge is 0.457 e. The fourth-order valence-electron chi connectivity index (χ4n) is 3.23. The van der Waals surface area contributed by atoms with Crippen molar-refractivity contribution in [1.82, 2.24) is 4.98 Å². The summed E-state index contributed by atoms with van der Waals surface area (Å²) in [4.78, 5) is 16.7. The summed E-state index contributed by atoms with van der Waals surface area (Å²) >= 11 is 2.26. The molecule has 1 unspecified atom stereocenters. The van der Waals surface area contributed by atoms with Crippen LogP contribution < -0.4 is 10.1 Å². The van der Waals surface area contributed by atoms with Crippen molar-refractivity contribution in [2.75, 3.05) is 5.32 Å². The van der Waals surface area contributed by atoms with Gasteiger partial charge in [-0.3, -0.25) is 9.78 Å². The molecule has 37 heavy (non-hydrogen) atoms. The van der Waals surface area contributed by atoms with Crippen LogP contribution >= 0.6 is 15.9 Å². The van der Waals surface area contributed by atoms with Crippen LogP contribution in [0.3, 0.4) is 0 Å². The summed E-state index contributed by atoms with van der Waals surface area (Å²) in [6.07, 6.45) is -12.5. The highest BCUT2D eigenvalue weighted by molar-refractivity contribution is 9.10. The summed E-state index contributed by atoms with van der Waals surface area (Å²) < 4.78 is 150. The number of rotatable bonds is 6. The van der Waals surface area contributed by atoms with Crippen LogP contribution in [0.25, 0.3) is 10.9 Å². The Hall–Kier alpha value is -3.17. The first-order chi connectivity index (χ1) is 16.9. The number of halogens is 12. The zero-order valence-corrected chi connectivity index (χ0v) is 19.1. The number of anilines is 1. The lowest BCUT2D eigenvalue weighted by Gasteiger charge is -2.37. The third-order valence-electron chi connectivity index (χ3n) is 4.97. The minimum absolute atomic E-state index is 0.0820. The van der Waals surface area contributed by atoms with Crippen LogP contribution in [0.5, 0.6) is 5.75 Å². The fourth-order valence-corrected chi connectivity index (χ4v) is 3.93. The molecule has 200 valence electrons. The van der Waals surface area contributed by atoms with Crippen LogP contribution in [0.1, 0.15) is 15.9 Å². The number of hydrogen-bond acceptors (Lipinski definition) is 3. The molecule has 0 bridgehead atoms. The van der Waals surface area contributed by atoms with Crippen LogP contribution in [0, 0.1) is 0 Å². The summed E-state index contributed by atoms with van der Waals surface area (Å²) in [5.41, 5.74) is -9.90. The molecular weight excluding hydrogens is 601 g/mol. The van der Waals surface area contributed by atoms with Gasteiger partial charge in [0.2, 0.25) is 0 Å². The molecule has 0 saturated heterocycles. The zero-order valence-electron chi connectivity index (χ0n) is 17.5. The second-order valence-corrected chi connectivity index (χ2v) is 8.07. The topological polar surface area (TPSA) is 51.2 Å². The van der Waals surface area contributed by atoms with Crippen molar-refractivity contribution >= 4 is 38.4 Å². The standard InChI is InChI=1S/C21H10BrF11N2O2/c22-14-11(18(25,20(28,29)30)19(26,27)21(31,32)33)4-6-13(37-17(23)24)15(14)35-16(36)10-3-5-12-9(8-10)2-1-7-34-12/h1-8,17H,(H,35,36). The van der Waals surface area contributed by atoms with Crippen molar-refractivity contribution in [3.05, 3.63) is 64.3 Å². The Morgan fingerprint density at radius 1 is 0.919 bits per heavy atom. The zero-order chi connectivity index (χ0) is 28.0. The third kappa shape index (κ3) is 5.02. The number of nitrogens with zero attached hydrogens (tertiary/aromatic N) is 1. The van der Waals surface area contributed by atoms with E-state index in [1.807, 2.05) is 0 Å². The number of nitrogens with one attached hydrogen (secondary N) is 1. The molecule has 0 spiro atoms. The molecule has 4 nitrogen and oxygen atoms in total. The molecule has 2 aromatic carbocycles. The van der Waals surface area contributed by atoms with Gasteiger partial charge in [0.05, 0.1) is 15.7 Å². The van der Waals surface area contributed by atoms with Crippen molar-refractivity contribution < 1.29 is 57.8 Å². The normalized spacial score (nSPS) is 14.5. The third-order valence-corrected chi connectivity index (χ3v) is 5.80. The molecule has 0 aliphatic carbocycles. The number of carbonyl (C=O) groups is 1. The molecule has 16 heteroatoms. The molecule has 0 aliphatic rings. The molecule has 3 aromatic rings. The molecule has 1 amide bonds. The quantitative estimate of drug-likeness (QED) is 0.290. The number of ether oxygens (including phenoxy) is 1. The number of benzene rings is 2. The van der Waals surface area contributed by atoms with E-state index in [2.05, 4.69) is 25.7 Å². The van der Waals surface area contributed by atoms with Gasteiger partial charge in [0.1, 0.15) is 0 Å². The Bertz CT molecular complexity index is 1330. The summed E-state index contributed by atoms with van der Waals surface area (Å²) in [5.74, 6) is -9.46. The lowest BCUT2D eigenvalue weighted by atomic mass is 9.87.